The number of phenolic OH excluding ortho intramolecular Hbond substituents is 1. The van der Waals surface area contributed by atoms with Crippen molar-refractivity contribution in [1.29, 1.82) is 0 Å². The van der Waals surface area contributed by atoms with E-state index in [-0.39, 0.29) is 5.75 Å². The largest absolute Gasteiger partial charge is 0.507 e. The fourth-order valence-electron chi connectivity index (χ4n) is 3.39. The quantitative estimate of drug-likeness (QED) is 0.261. The fraction of sp³-hybridized carbons (Fsp3) is 0.440. The lowest BCUT2D eigenvalue weighted by Gasteiger charge is -2.15. The summed E-state index contributed by atoms with van der Waals surface area (Å²) in [6, 6.07) is 11.5. The molecule has 0 spiro atoms. The van der Waals surface area contributed by atoms with Crippen LogP contribution in [0.1, 0.15) is 50.7 Å². The van der Waals surface area contributed by atoms with Gasteiger partial charge in [0.25, 0.3) is 0 Å². The Morgan fingerprint density at radius 1 is 1.06 bits per heavy atom. The number of nitrogens with one attached hydrogen (secondary N) is 1. The number of benzene rings is 2. The molecule has 0 unspecified atom stereocenters. The number of ether oxygens (including phenoxy) is 3. The molecule has 0 aliphatic heterocycles. The summed E-state index contributed by atoms with van der Waals surface area (Å²) in [4.78, 5) is 0. The van der Waals surface area contributed by atoms with Gasteiger partial charge in [0.1, 0.15) is 12.4 Å². The molecule has 0 aliphatic rings. The number of phenols is 1. The molecule has 7 nitrogen and oxygen atoms in total. The summed E-state index contributed by atoms with van der Waals surface area (Å²) in [5.74, 6) is 2.46. The van der Waals surface area contributed by atoms with E-state index in [0.29, 0.717) is 59.9 Å². The van der Waals surface area contributed by atoms with Crippen LogP contribution >= 0.6 is 12.2 Å². The van der Waals surface area contributed by atoms with Gasteiger partial charge in [-0.25, -0.2) is 0 Å². The van der Waals surface area contributed by atoms with Gasteiger partial charge in [0.2, 0.25) is 0 Å². The number of nitrogens with zero attached hydrogens (tertiary/aromatic N) is 2. The maximum atomic E-state index is 10.5. The Morgan fingerprint density at radius 3 is 2.58 bits per heavy atom. The second kappa shape index (κ2) is 11.9. The molecular formula is C25H33N3O4S. The Kier molecular flexibility index (Phi) is 8.91. The Hall–Kier alpha value is -2.84. The van der Waals surface area contributed by atoms with Crippen LogP contribution in [0.3, 0.4) is 0 Å². The molecule has 8 heteroatoms. The smallest absolute Gasteiger partial charge is 0.195 e. The molecule has 3 rings (SSSR count). The third kappa shape index (κ3) is 6.36. The number of H-pyrrole nitrogens is 1. The molecule has 178 valence electrons. The van der Waals surface area contributed by atoms with Crippen LogP contribution in [0.2, 0.25) is 0 Å². The molecule has 2 N–H and O–H groups in total. The van der Waals surface area contributed by atoms with Gasteiger partial charge in [-0.2, -0.15) is 5.10 Å². The summed E-state index contributed by atoms with van der Waals surface area (Å²) < 4.78 is 19.3. The van der Waals surface area contributed by atoms with Crippen LogP contribution in [0.4, 0.5) is 0 Å². The highest BCUT2D eigenvalue weighted by atomic mass is 32.1. The highest BCUT2D eigenvalue weighted by Gasteiger charge is 2.16. The molecule has 0 saturated carbocycles. The third-order valence-electron chi connectivity index (χ3n) is 5.34. The highest BCUT2D eigenvalue weighted by Crippen LogP contribution is 2.33. The third-order valence-corrected chi connectivity index (χ3v) is 5.65. The molecule has 0 saturated heterocycles. The summed E-state index contributed by atoms with van der Waals surface area (Å²) in [6.45, 7) is 8.37. The number of aromatic hydroxyl groups is 1. The molecule has 33 heavy (non-hydrogen) atoms. The summed E-state index contributed by atoms with van der Waals surface area (Å²) in [5.41, 5.74) is 2.74. The van der Waals surface area contributed by atoms with E-state index < -0.39 is 0 Å². The number of rotatable bonds is 12. The monoisotopic (exact) mass is 471 g/mol. The number of hydrogen-bond donors (Lipinski definition) is 2. The van der Waals surface area contributed by atoms with Crippen LogP contribution in [-0.2, 0) is 11.3 Å². The molecule has 2 aromatic carbocycles. The number of aromatic amines is 1. The zero-order valence-corrected chi connectivity index (χ0v) is 20.6. The topological polar surface area (TPSA) is 81.5 Å². The van der Waals surface area contributed by atoms with Crippen molar-refractivity contribution in [1.82, 2.24) is 14.8 Å². The molecule has 0 fully saturated rings. The van der Waals surface area contributed by atoms with Crippen LogP contribution in [0, 0.1) is 4.77 Å². The zero-order chi connectivity index (χ0) is 23.8. The number of unbranched alkanes of at least 4 members (excludes halogenated alkanes) is 1. The predicted octanol–water partition coefficient (Wildman–Crippen LogP) is 5.69. The first-order valence-electron chi connectivity index (χ1n) is 11.3. The number of aromatic nitrogens is 3. The minimum absolute atomic E-state index is 0.165. The van der Waals surface area contributed by atoms with E-state index in [0.717, 1.165) is 24.0 Å². The number of hydrogen-bond acceptors (Lipinski definition) is 6. The molecule has 0 atom stereocenters. The van der Waals surface area contributed by atoms with Crippen LogP contribution < -0.4 is 9.47 Å². The zero-order valence-electron chi connectivity index (χ0n) is 19.8. The predicted molar refractivity (Wildman–Crippen MR) is 132 cm³/mol. The maximum Gasteiger partial charge on any atom is 0.195 e. The average molecular weight is 472 g/mol. The van der Waals surface area contributed by atoms with Crippen LogP contribution in [0.5, 0.6) is 17.2 Å². The second-order valence-corrected chi connectivity index (χ2v) is 8.58. The maximum absolute atomic E-state index is 10.5. The normalized spacial score (nSPS) is 11.2. The van der Waals surface area contributed by atoms with Gasteiger partial charge >= 0.3 is 0 Å². The molecule has 0 amide bonds. The molecular weight excluding hydrogens is 438 g/mol. The first-order valence-corrected chi connectivity index (χ1v) is 11.7. The van der Waals surface area contributed by atoms with Crippen molar-refractivity contribution in [3.05, 3.63) is 52.3 Å². The van der Waals surface area contributed by atoms with E-state index in [1.54, 1.807) is 13.2 Å². The molecule has 1 aromatic heterocycles. The lowest BCUT2D eigenvalue weighted by atomic mass is 10.00. The minimum atomic E-state index is 0.165. The van der Waals surface area contributed by atoms with Crippen molar-refractivity contribution < 1.29 is 19.3 Å². The van der Waals surface area contributed by atoms with Gasteiger partial charge in [0.15, 0.2) is 22.1 Å². The highest BCUT2D eigenvalue weighted by molar-refractivity contribution is 7.71. The van der Waals surface area contributed by atoms with Gasteiger partial charge in [0, 0.05) is 7.11 Å². The first-order chi connectivity index (χ1) is 15.9. The van der Waals surface area contributed by atoms with Crippen LogP contribution in [0.15, 0.2) is 36.4 Å². The summed E-state index contributed by atoms with van der Waals surface area (Å²) >= 11 is 5.51. The fourth-order valence-corrected chi connectivity index (χ4v) is 3.59. The van der Waals surface area contributed by atoms with Crippen molar-refractivity contribution in [2.75, 3.05) is 26.9 Å². The van der Waals surface area contributed by atoms with Crippen molar-refractivity contribution in [2.45, 2.75) is 46.1 Å². The van der Waals surface area contributed by atoms with Crippen molar-refractivity contribution in [3.63, 3.8) is 0 Å². The lowest BCUT2D eigenvalue weighted by Crippen LogP contribution is -2.08. The van der Waals surface area contributed by atoms with Crippen molar-refractivity contribution in [3.8, 4) is 28.6 Å². The first kappa shape index (κ1) is 24.8. The van der Waals surface area contributed by atoms with Gasteiger partial charge in [-0.05, 0) is 59.9 Å². The Morgan fingerprint density at radius 2 is 1.85 bits per heavy atom. The van der Waals surface area contributed by atoms with E-state index in [1.165, 1.54) is 0 Å². The average Bonchev–Trinajstić information content (AvgIpc) is 3.15. The standard InChI is InChI=1S/C25H33N3O4S/c1-5-6-11-31-22-10-7-18(14-23(22)32-13-12-30-4)16-28-24(26-27-25(28)33)20-15-19(17(2)3)8-9-21(20)29/h7-10,14-15,17,29H,5-6,11-13,16H2,1-4H3,(H,27,33). The van der Waals surface area contributed by atoms with Crippen molar-refractivity contribution >= 4 is 12.2 Å². The minimum Gasteiger partial charge on any atom is -0.507 e. The lowest BCUT2D eigenvalue weighted by molar-refractivity contribution is 0.143. The molecule has 1 heterocycles. The summed E-state index contributed by atoms with van der Waals surface area (Å²) in [6.07, 6.45) is 2.04. The van der Waals surface area contributed by atoms with Gasteiger partial charge in [-0.1, -0.05) is 39.3 Å². The number of methoxy groups -OCH3 is 1. The van der Waals surface area contributed by atoms with E-state index >= 15 is 0 Å². The SMILES string of the molecule is CCCCOc1ccc(Cn2c(-c3cc(C(C)C)ccc3O)n[nH]c2=S)cc1OCCOC. The second-order valence-electron chi connectivity index (χ2n) is 8.19. The molecule has 0 aliphatic carbocycles. The van der Waals surface area contributed by atoms with E-state index in [9.17, 15) is 5.11 Å². The van der Waals surface area contributed by atoms with Crippen molar-refractivity contribution in [2.24, 2.45) is 0 Å². The Bertz CT molecular complexity index is 1110. The Balaban J connectivity index is 1.92. The van der Waals surface area contributed by atoms with Gasteiger partial charge in [-0.3, -0.25) is 9.67 Å². The van der Waals surface area contributed by atoms with E-state index in [2.05, 4.69) is 31.0 Å². The van der Waals surface area contributed by atoms with Gasteiger partial charge in [-0.15, -0.1) is 0 Å². The van der Waals surface area contributed by atoms with E-state index in [1.807, 2.05) is 34.9 Å². The molecule has 0 radical (unpaired) electrons. The van der Waals surface area contributed by atoms with Gasteiger partial charge in [0.05, 0.1) is 25.3 Å². The summed E-state index contributed by atoms with van der Waals surface area (Å²) in [7, 11) is 1.64. The summed E-state index contributed by atoms with van der Waals surface area (Å²) in [5, 5.41) is 17.8. The Labute approximate surface area is 200 Å². The van der Waals surface area contributed by atoms with Crippen LogP contribution in [-0.4, -0.2) is 46.8 Å². The molecule has 3 aromatic rings. The van der Waals surface area contributed by atoms with Crippen LogP contribution in [0.25, 0.3) is 11.4 Å². The van der Waals surface area contributed by atoms with Gasteiger partial charge < -0.3 is 19.3 Å². The molecule has 0 bridgehead atoms. The van der Waals surface area contributed by atoms with E-state index in [4.69, 9.17) is 26.4 Å².